The van der Waals surface area contributed by atoms with Crippen molar-refractivity contribution in [2.75, 3.05) is 0 Å². The van der Waals surface area contributed by atoms with E-state index in [9.17, 15) is 13.2 Å². The molecule has 0 amide bonds. The van der Waals surface area contributed by atoms with Crippen LogP contribution in [0.5, 0.6) is 0 Å². The number of fused-ring (bicyclic) bond motifs is 1. The lowest BCUT2D eigenvalue weighted by molar-refractivity contribution is -0.152. The second-order valence-electron chi connectivity index (χ2n) is 4.57. The van der Waals surface area contributed by atoms with Gasteiger partial charge in [0.1, 0.15) is 6.04 Å². The smallest absolute Gasteiger partial charge is 0.303 e. The molecule has 3 unspecified atom stereocenters. The molecule has 1 nitrogen and oxygen atoms in total. The molecule has 0 bridgehead atoms. The Balaban J connectivity index is 1.82. The highest BCUT2D eigenvalue weighted by molar-refractivity contribution is 5.05. The maximum Gasteiger partial charge on any atom is 0.403 e. The molecule has 3 atom stereocenters. The molecule has 82 valence electrons. The van der Waals surface area contributed by atoms with Crippen molar-refractivity contribution in [2.24, 2.45) is 11.8 Å². The molecule has 2 aliphatic rings. The Morgan fingerprint density at radius 2 is 1.64 bits per heavy atom. The molecule has 0 radical (unpaired) electrons. The van der Waals surface area contributed by atoms with Crippen LogP contribution in [-0.2, 0) is 0 Å². The van der Waals surface area contributed by atoms with E-state index in [2.05, 4.69) is 5.32 Å². The van der Waals surface area contributed by atoms with Crippen molar-refractivity contribution < 1.29 is 13.2 Å². The van der Waals surface area contributed by atoms with Crippen molar-refractivity contribution in [3.05, 3.63) is 0 Å². The third kappa shape index (κ3) is 1.90. The van der Waals surface area contributed by atoms with Crippen molar-refractivity contribution in [3.8, 4) is 0 Å². The Labute approximate surface area is 82.1 Å². The van der Waals surface area contributed by atoms with Crippen LogP contribution in [0.3, 0.4) is 0 Å². The third-order valence-electron chi connectivity index (χ3n) is 3.59. The third-order valence-corrected chi connectivity index (χ3v) is 3.59. The summed E-state index contributed by atoms with van der Waals surface area (Å²) >= 11 is 0. The zero-order valence-corrected chi connectivity index (χ0v) is 8.27. The van der Waals surface area contributed by atoms with Crippen LogP contribution in [0.25, 0.3) is 0 Å². The van der Waals surface area contributed by atoms with E-state index in [1.807, 2.05) is 0 Å². The fourth-order valence-electron chi connectivity index (χ4n) is 2.62. The maximum absolute atomic E-state index is 12.3. The Kier molecular flexibility index (Phi) is 2.50. The number of hydrogen-bond acceptors (Lipinski definition) is 1. The van der Waals surface area contributed by atoms with Gasteiger partial charge in [-0.2, -0.15) is 13.2 Å². The molecule has 0 saturated heterocycles. The number of hydrogen-bond donors (Lipinski definition) is 1. The van der Waals surface area contributed by atoms with Gasteiger partial charge < -0.3 is 5.32 Å². The van der Waals surface area contributed by atoms with Gasteiger partial charge in [-0.1, -0.05) is 12.8 Å². The van der Waals surface area contributed by atoms with Crippen molar-refractivity contribution >= 4 is 0 Å². The van der Waals surface area contributed by atoms with Gasteiger partial charge in [0.2, 0.25) is 0 Å². The number of nitrogens with one attached hydrogen (secondary N) is 1. The molecule has 0 spiro atoms. The molecule has 4 heteroatoms. The summed E-state index contributed by atoms with van der Waals surface area (Å²) in [4.78, 5) is 0. The van der Waals surface area contributed by atoms with Gasteiger partial charge in [0, 0.05) is 6.04 Å². The molecule has 1 N–H and O–H groups in total. The molecule has 2 aliphatic carbocycles. The average molecular weight is 207 g/mol. The lowest BCUT2D eigenvalue weighted by atomic mass is 10.0. The van der Waals surface area contributed by atoms with Gasteiger partial charge in [0.25, 0.3) is 0 Å². The molecule has 14 heavy (non-hydrogen) atoms. The van der Waals surface area contributed by atoms with Gasteiger partial charge in [-0.05, 0) is 31.6 Å². The maximum atomic E-state index is 12.3. The number of alkyl halides is 3. The highest BCUT2D eigenvalue weighted by Crippen LogP contribution is 2.50. The topological polar surface area (TPSA) is 12.0 Å². The highest BCUT2D eigenvalue weighted by atomic mass is 19.4. The summed E-state index contributed by atoms with van der Waals surface area (Å²) < 4.78 is 36.8. The number of halogens is 3. The summed E-state index contributed by atoms with van der Waals surface area (Å²) in [6.45, 7) is 1.21. The minimum atomic E-state index is -4.09. The largest absolute Gasteiger partial charge is 0.403 e. The molecule has 0 aromatic carbocycles. The Hall–Kier alpha value is -0.250. The minimum absolute atomic E-state index is 0.147. The predicted octanol–water partition coefficient (Wildman–Crippen LogP) is 2.72. The van der Waals surface area contributed by atoms with Gasteiger partial charge in [-0.15, -0.1) is 0 Å². The lowest BCUT2D eigenvalue weighted by Gasteiger charge is -2.17. The van der Waals surface area contributed by atoms with Gasteiger partial charge >= 0.3 is 6.18 Å². The summed E-state index contributed by atoms with van der Waals surface area (Å²) in [6, 6.07) is -1.20. The van der Waals surface area contributed by atoms with Crippen LogP contribution in [0.4, 0.5) is 13.2 Å². The van der Waals surface area contributed by atoms with Crippen LogP contribution in [0.15, 0.2) is 0 Å². The zero-order valence-electron chi connectivity index (χ0n) is 8.27. The summed E-state index contributed by atoms with van der Waals surface area (Å²) in [5.41, 5.74) is 0. The van der Waals surface area contributed by atoms with E-state index < -0.39 is 12.2 Å². The molecule has 2 rings (SSSR count). The van der Waals surface area contributed by atoms with E-state index >= 15 is 0 Å². The minimum Gasteiger partial charge on any atom is -0.303 e. The summed E-state index contributed by atoms with van der Waals surface area (Å²) in [6.07, 6.45) is 0.533. The van der Waals surface area contributed by atoms with E-state index in [0.29, 0.717) is 11.8 Å². The summed E-state index contributed by atoms with van der Waals surface area (Å²) in [5, 5.41) is 2.71. The van der Waals surface area contributed by atoms with Crippen molar-refractivity contribution in [2.45, 2.75) is 50.9 Å². The first-order valence-corrected chi connectivity index (χ1v) is 5.33. The quantitative estimate of drug-likeness (QED) is 0.734. The Morgan fingerprint density at radius 3 is 2.07 bits per heavy atom. The normalized spacial score (nSPS) is 39.0. The fourth-order valence-corrected chi connectivity index (χ4v) is 2.62. The first kappa shape index (κ1) is 10.3. The van der Waals surface area contributed by atoms with Crippen molar-refractivity contribution in [1.29, 1.82) is 0 Å². The van der Waals surface area contributed by atoms with E-state index in [4.69, 9.17) is 0 Å². The van der Waals surface area contributed by atoms with Gasteiger partial charge in [0.15, 0.2) is 0 Å². The van der Waals surface area contributed by atoms with Gasteiger partial charge in [0.05, 0.1) is 0 Å². The second kappa shape index (κ2) is 3.40. The SMILES string of the molecule is CC(NC1C2CCCCC21)C(F)(F)F. The highest BCUT2D eigenvalue weighted by Gasteiger charge is 2.52. The van der Waals surface area contributed by atoms with Crippen LogP contribution < -0.4 is 5.32 Å². The van der Waals surface area contributed by atoms with E-state index in [1.165, 1.54) is 19.8 Å². The van der Waals surface area contributed by atoms with Crippen LogP contribution >= 0.6 is 0 Å². The van der Waals surface area contributed by atoms with Crippen LogP contribution in [0, 0.1) is 11.8 Å². The van der Waals surface area contributed by atoms with Crippen LogP contribution in [0.2, 0.25) is 0 Å². The van der Waals surface area contributed by atoms with Crippen LogP contribution in [0.1, 0.15) is 32.6 Å². The standard InChI is InChI=1S/C10H16F3N/c1-6(10(11,12)13)14-9-7-4-2-3-5-8(7)9/h6-9,14H,2-5H2,1H3. The first-order chi connectivity index (χ1) is 6.50. The van der Waals surface area contributed by atoms with Crippen LogP contribution in [-0.4, -0.2) is 18.3 Å². The zero-order chi connectivity index (χ0) is 10.3. The molecular formula is C10H16F3N. The average Bonchev–Trinajstić information content (AvgIpc) is 2.78. The lowest BCUT2D eigenvalue weighted by Crippen LogP contribution is -2.41. The molecule has 0 heterocycles. The van der Waals surface area contributed by atoms with E-state index in [1.54, 1.807) is 0 Å². The van der Waals surface area contributed by atoms with Crippen molar-refractivity contribution in [1.82, 2.24) is 5.32 Å². The number of rotatable bonds is 2. The summed E-state index contributed by atoms with van der Waals surface area (Å²) in [7, 11) is 0. The monoisotopic (exact) mass is 207 g/mol. The van der Waals surface area contributed by atoms with Gasteiger partial charge in [-0.3, -0.25) is 0 Å². The van der Waals surface area contributed by atoms with E-state index in [0.717, 1.165) is 12.8 Å². The molecule has 0 aliphatic heterocycles. The Morgan fingerprint density at radius 1 is 1.14 bits per heavy atom. The van der Waals surface area contributed by atoms with Gasteiger partial charge in [-0.25, -0.2) is 0 Å². The molecular weight excluding hydrogens is 191 g/mol. The van der Waals surface area contributed by atoms with Crippen molar-refractivity contribution in [3.63, 3.8) is 0 Å². The summed E-state index contributed by atoms with van der Waals surface area (Å²) in [5.74, 6) is 1.07. The fraction of sp³-hybridized carbons (Fsp3) is 1.00. The predicted molar refractivity (Wildman–Crippen MR) is 47.9 cm³/mol. The van der Waals surface area contributed by atoms with E-state index in [-0.39, 0.29) is 6.04 Å². The Bertz CT molecular complexity index is 202. The molecule has 2 fully saturated rings. The molecule has 0 aromatic heterocycles. The second-order valence-corrected chi connectivity index (χ2v) is 4.57. The molecule has 2 saturated carbocycles. The molecule has 0 aromatic rings. The first-order valence-electron chi connectivity index (χ1n) is 5.33.